The summed E-state index contributed by atoms with van der Waals surface area (Å²) in [6.07, 6.45) is -0.315. The number of para-hydroxylation sites is 2. The fourth-order valence-corrected chi connectivity index (χ4v) is 6.12. The minimum Gasteiger partial charge on any atom is -0.489 e. The molecule has 10 nitrogen and oxygen atoms in total. The van der Waals surface area contributed by atoms with Gasteiger partial charge in [0.2, 0.25) is 5.91 Å². The van der Waals surface area contributed by atoms with E-state index in [1.54, 1.807) is 41.9 Å². The lowest BCUT2D eigenvalue weighted by Gasteiger charge is -2.30. The monoisotopic (exact) mass is 587 g/mol. The maximum atomic E-state index is 13.9. The molecule has 5 rings (SSSR count). The number of ether oxygens (including phenoxy) is 1. The summed E-state index contributed by atoms with van der Waals surface area (Å²) in [4.78, 5) is 32.0. The van der Waals surface area contributed by atoms with Gasteiger partial charge in [0.15, 0.2) is 0 Å². The number of hydrogen-bond donors (Lipinski definition) is 2. The topological polar surface area (TPSA) is 121 Å². The SMILES string of the molecule is CN(C(=O)[C@H](Cc1cc(F)cc(F)c1)NC(=O)NS(=O)(=O)N1CCOc2ccccc21)c1ccc2scnc2c1. The van der Waals surface area contributed by atoms with Gasteiger partial charge in [-0.15, -0.1) is 11.3 Å². The highest BCUT2D eigenvalue weighted by atomic mass is 32.2. The van der Waals surface area contributed by atoms with Gasteiger partial charge in [-0.25, -0.2) is 27.6 Å². The van der Waals surface area contributed by atoms with Crippen LogP contribution in [0.5, 0.6) is 5.75 Å². The Morgan fingerprint density at radius 1 is 1.12 bits per heavy atom. The van der Waals surface area contributed by atoms with Gasteiger partial charge in [0, 0.05) is 25.2 Å². The van der Waals surface area contributed by atoms with E-state index in [9.17, 15) is 26.8 Å². The first-order valence-corrected chi connectivity index (χ1v) is 14.3. The zero-order chi connectivity index (χ0) is 28.4. The number of likely N-dealkylation sites (N-methyl/N-ethyl adjacent to an activating group) is 1. The molecule has 0 spiro atoms. The van der Waals surface area contributed by atoms with Crippen LogP contribution in [0.15, 0.2) is 66.2 Å². The first-order chi connectivity index (χ1) is 19.1. The van der Waals surface area contributed by atoms with E-state index in [4.69, 9.17) is 4.74 Å². The average molecular weight is 588 g/mol. The van der Waals surface area contributed by atoms with Crippen molar-refractivity contribution < 1.29 is 31.5 Å². The third-order valence-corrected chi connectivity index (χ3v) is 8.41. The molecule has 1 aromatic heterocycles. The first kappa shape index (κ1) is 27.3. The molecule has 0 aliphatic carbocycles. The van der Waals surface area contributed by atoms with Gasteiger partial charge in [-0.1, -0.05) is 12.1 Å². The van der Waals surface area contributed by atoms with E-state index >= 15 is 0 Å². The third-order valence-electron chi connectivity index (χ3n) is 6.20. The van der Waals surface area contributed by atoms with E-state index in [1.165, 1.54) is 29.4 Å². The molecule has 4 aromatic rings. The van der Waals surface area contributed by atoms with Crippen molar-refractivity contribution in [1.29, 1.82) is 0 Å². The predicted octanol–water partition coefficient (Wildman–Crippen LogP) is 3.59. The summed E-state index contributed by atoms with van der Waals surface area (Å²) >= 11 is 1.43. The fraction of sp³-hybridized carbons (Fsp3) is 0.192. The Bertz CT molecular complexity index is 1680. The molecule has 3 aromatic carbocycles. The highest BCUT2D eigenvalue weighted by Gasteiger charge is 2.32. The van der Waals surface area contributed by atoms with Crippen molar-refractivity contribution in [1.82, 2.24) is 15.0 Å². The molecular weight excluding hydrogens is 564 g/mol. The van der Waals surface area contributed by atoms with Crippen molar-refractivity contribution in [3.8, 4) is 5.75 Å². The number of halogens is 2. The third kappa shape index (κ3) is 5.82. The van der Waals surface area contributed by atoms with E-state index in [2.05, 4.69) is 10.3 Å². The molecule has 14 heteroatoms. The Morgan fingerprint density at radius 3 is 2.65 bits per heavy atom. The number of carbonyl (C=O) groups excluding carboxylic acids is 2. The predicted molar refractivity (Wildman–Crippen MR) is 147 cm³/mol. The number of hydrogen-bond acceptors (Lipinski definition) is 7. The highest BCUT2D eigenvalue weighted by Crippen LogP contribution is 2.32. The molecular formula is C26H23F2N5O5S2. The van der Waals surface area contributed by atoms with Gasteiger partial charge in [-0.05, 0) is 48.0 Å². The van der Waals surface area contributed by atoms with Crippen molar-refractivity contribution in [2.24, 2.45) is 0 Å². The molecule has 0 unspecified atom stereocenters. The molecule has 208 valence electrons. The number of anilines is 2. The van der Waals surface area contributed by atoms with Crippen LogP contribution in [-0.4, -0.2) is 51.6 Å². The number of carbonyl (C=O) groups is 2. The number of benzene rings is 3. The smallest absolute Gasteiger partial charge is 0.330 e. The van der Waals surface area contributed by atoms with Gasteiger partial charge >= 0.3 is 16.2 Å². The van der Waals surface area contributed by atoms with Crippen LogP contribution in [0.3, 0.4) is 0 Å². The van der Waals surface area contributed by atoms with Crippen LogP contribution in [0.4, 0.5) is 25.0 Å². The Morgan fingerprint density at radius 2 is 1.88 bits per heavy atom. The van der Waals surface area contributed by atoms with Crippen LogP contribution < -0.4 is 24.0 Å². The number of fused-ring (bicyclic) bond motifs is 2. The van der Waals surface area contributed by atoms with Crippen LogP contribution in [0.25, 0.3) is 10.2 Å². The number of nitrogens with one attached hydrogen (secondary N) is 2. The number of nitrogens with zero attached hydrogens (tertiary/aromatic N) is 3. The van der Waals surface area contributed by atoms with Gasteiger partial charge in [0.05, 0.1) is 28.0 Å². The number of urea groups is 1. The van der Waals surface area contributed by atoms with Gasteiger partial charge in [0.25, 0.3) is 0 Å². The number of rotatable bonds is 7. The molecule has 2 N–H and O–H groups in total. The Labute approximate surface area is 232 Å². The van der Waals surface area contributed by atoms with Crippen LogP contribution in [0.2, 0.25) is 0 Å². The summed E-state index contributed by atoms with van der Waals surface area (Å²) in [5.41, 5.74) is 3.11. The van der Waals surface area contributed by atoms with Crippen molar-refractivity contribution in [2.45, 2.75) is 12.5 Å². The molecule has 2 heterocycles. The maximum absolute atomic E-state index is 13.9. The second-order valence-electron chi connectivity index (χ2n) is 8.90. The van der Waals surface area contributed by atoms with E-state index in [1.807, 2.05) is 4.72 Å². The number of thiazole rings is 1. The molecule has 1 atom stereocenters. The normalized spacial score (nSPS) is 13.7. The molecule has 0 saturated carbocycles. The maximum Gasteiger partial charge on any atom is 0.330 e. The second kappa shape index (κ2) is 11.1. The summed E-state index contributed by atoms with van der Waals surface area (Å²) in [5, 5.41) is 2.37. The first-order valence-electron chi connectivity index (χ1n) is 12.0. The lowest BCUT2D eigenvalue weighted by atomic mass is 10.0. The molecule has 0 saturated heterocycles. The van der Waals surface area contributed by atoms with Crippen LogP contribution in [0.1, 0.15) is 5.56 Å². The summed E-state index contributed by atoms with van der Waals surface area (Å²) < 4.78 is 63.3. The molecule has 1 aliphatic heterocycles. The van der Waals surface area contributed by atoms with Crippen LogP contribution >= 0.6 is 11.3 Å². The average Bonchev–Trinajstić information content (AvgIpc) is 3.39. The minimum absolute atomic E-state index is 0.0492. The molecule has 3 amide bonds. The zero-order valence-corrected chi connectivity index (χ0v) is 22.6. The molecule has 0 radical (unpaired) electrons. The summed E-state index contributed by atoms with van der Waals surface area (Å²) in [6, 6.07) is 11.8. The van der Waals surface area contributed by atoms with E-state index in [0.29, 0.717) is 23.0 Å². The number of amides is 3. The van der Waals surface area contributed by atoms with E-state index in [0.717, 1.165) is 21.1 Å². The van der Waals surface area contributed by atoms with E-state index in [-0.39, 0.29) is 30.8 Å². The van der Waals surface area contributed by atoms with Gasteiger partial charge in [-0.3, -0.25) is 4.79 Å². The van der Waals surface area contributed by atoms with E-state index < -0.39 is 39.8 Å². The Balaban J connectivity index is 1.39. The van der Waals surface area contributed by atoms with Gasteiger partial charge in [-0.2, -0.15) is 8.42 Å². The van der Waals surface area contributed by atoms with Crippen molar-refractivity contribution >= 4 is 55.1 Å². The van der Waals surface area contributed by atoms with Crippen LogP contribution in [0, 0.1) is 11.6 Å². The molecule has 40 heavy (non-hydrogen) atoms. The summed E-state index contributed by atoms with van der Waals surface area (Å²) in [6.45, 7) is 0.0201. The number of aromatic nitrogens is 1. The molecule has 0 bridgehead atoms. The standard InChI is InChI=1S/C26H23F2N5O5S2/c1-32(19-6-7-24-20(14-19)29-15-39-24)25(34)21(12-16-10-17(27)13-18(28)11-16)30-26(35)31-40(36,37)33-8-9-38-23-5-3-2-4-22(23)33/h2-7,10-11,13-15,21H,8-9,12H2,1H3,(H2,30,31,35)/t21-/m0/s1. The second-order valence-corrected chi connectivity index (χ2v) is 11.4. The Hall–Kier alpha value is -4.30. The van der Waals surface area contributed by atoms with Gasteiger partial charge in [0.1, 0.15) is 30.0 Å². The van der Waals surface area contributed by atoms with Crippen molar-refractivity contribution in [3.05, 3.63) is 83.4 Å². The Kier molecular flexibility index (Phi) is 7.54. The molecule has 0 fully saturated rings. The summed E-state index contributed by atoms with van der Waals surface area (Å²) in [7, 11) is -2.94. The zero-order valence-electron chi connectivity index (χ0n) is 21.0. The largest absolute Gasteiger partial charge is 0.489 e. The highest BCUT2D eigenvalue weighted by molar-refractivity contribution is 7.91. The summed E-state index contributed by atoms with van der Waals surface area (Å²) in [5.74, 6) is -2.04. The lowest BCUT2D eigenvalue weighted by molar-refractivity contribution is -0.120. The fourth-order valence-electron chi connectivity index (χ4n) is 4.33. The lowest BCUT2D eigenvalue weighted by Crippen LogP contribution is -2.55. The van der Waals surface area contributed by atoms with Crippen LogP contribution in [-0.2, 0) is 21.4 Å². The van der Waals surface area contributed by atoms with Crippen molar-refractivity contribution in [3.63, 3.8) is 0 Å². The quantitative estimate of drug-likeness (QED) is 0.341. The van der Waals surface area contributed by atoms with Gasteiger partial charge < -0.3 is 15.0 Å². The minimum atomic E-state index is -4.40. The molecule has 1 aliphatic rings. The van der Waals surface area contributed by atoms with Crippen molar-refractivity contribution in [2.75, 3.05) is 29.4 Å².